The van der Waals surface area contributed by atoms with Crippen molar-refractivity contribution < 1.29 is 26.1 Å². The monoisotopic (exact) mass is 496 g/mol. The third kappa shape index (κ3) is 5.45. The zero-order valence-electron chi connectivity index (χ0n) is 16.7. The summed E-state index contributed by atoms with van der Waals surface area (Å²) in [7, 11) is -4.54. The van der Waals surface area contributed by atoms with E-state index < -0.39 is 21.9 Å². The van der Waals surface area contributed by atoms with E-state index in [4.69, 9.17) is 5.73 Å². The minimum atomic E-state index is -4.54. The molecular formula is C22H16F3N4NaO3S. The van der Waals surface area contributed by atoms with Crippen LogP contribution in [0.2, 0.25) is 0 Å². The molecule has 0 amide bonds. The molecule has 4 aromatic rings. The number of hydrogen-bond donors (Lipinski definition) is 2. The molecule has 0 unspecified atom stereocenters. The Morgan fingerprint density at radius 2 is 1.56 bits per heavy atom. The van der Waals surface area contributed by atoms with Crippen molar-refractivity contribution in [1.82, 2.24) is 4.98 Å². The Balaban J connectivity index is 0.00000324. The van der Waals surface area contributed by atoms with Gasteiger partial charge >= 0.3 is 35.7 Å². The molecule has 3 aromatic carbocycles. The molecule has 0 saturated heterocycles. The van der Waals surface area contributed by atoms with Crippen molar-refractivity contribution in [2.75, 3.05) is 5.73 Å². The first kappa shape index (κ1) is 25.8. The average Bonchev–Trinajstić information content (AvgIpc) is 2.78. The van der Waals surface area contributed by atoms with Crippen molar-refractivity contribution >= 4 is 67.5 Å². The summed E-state index contributed by atoms with van der Waals surface area (Å²) < 4.78 is 71.3. The molecule has 0 aliphatic rings. The first-order valence-electron chi connectivity index (χ1n) is 9.38. The van der Waals surface area contributed by atoms with Crippen LogP contribution in [0, 0.1) is 0 Å². The molecule has 0 bridgehead atoms. The number of pyridine rings is 1. The summed E-state index contributed by atoms with van der Waals surface area (Å²) in [6.45, 7) is 0. The molecule has 170 valence electrons. The fraction of sp³-hybridized carbons (Fsp3) is 0.0455. The Morgan fingerprint density at radius 3 is 2.12 bits per heavy atom. The van der Waals surface area contributed by atoms with Gasteiger partial charge in [0.05, 0.1) is 23.1 Å². The van der Waals surface area contributed by atoms with Crippen LogP contribution >= 0.6 is 0 Å². The van der Waals surface area contributed by atoms with Crippen molar-refractivity contribution in [1.29, 1.82) is 0 Å². The quantitative estimate of drug-likeness (QED) is 0.167. The van der Waals surface area contributed by atoms with E-state index in [1.165, 1.54) is 24.4 Å². The van der Waals surface area contributed by atoms with Gasteiger partial charge in [-0.1, -0.05) is 36.4 Å². The van der Waals surface area contributed by atoms with Crippen LogP contribution in [0.5, 0.6) is 0 Å². The number of rotatable bonds is 4. The molecule has 1 heterocycles. The van der Waals surface area contributed by atoms with Crippen molar-refractivity contribution in [3.63, 3.8) is 0 Å². The van der Waals surface area contributed by atoms with Crippen LogP contribution in [0.3, 0.4) is 0 Å². The van der Waals surface area contributed by atoms with Gasteiger partial charge in [-0.15, -0.1) is 10.2 Å². The topological polar surface area (TPSA) is 118 Å². The number of nitrogen functional groups attached to an aromatic ring is 1. The second-order valence-corrected chi connectivity index (χ2v) is 8.39. The van der Waals surface area contributed by atoms with Gasteiger partial charge in [0.2, 0.25) is 0 Å². The standard InChI is InChI=1S/C22H15F3N4O3S.Na.H/c23-22(24,25)14-7-5-13(6-8-14)18-10-9-15(12-27-18)28-29-19-11-20(33(30,31)32)16-3-1-2-4-17(16)21(19)26;;/h1-12H,26H2,(H,30,31,32);;. The predicted molar refractivity (Wildman–Crippen MR) is 124 cm³/mol. The first-order valence-corrected chi connectivity index (χ1v) is 10.8. The third-order valence-electron chi connectivity index (χ3n) is 4.83. The molecule has 34 heavy (non-hydrogen) atoms. The molecule has 0 spiro atoms. The summed E-state index contributed by atoms with van der Waals surface area (Å²) in [5, 5.41) is 8.64. The Labute approximate surface area is 214 Å². The molecule has 0 fully saturated rings. The van der Waals surface area contributed by atoms with Crippen LogP contribution in [0.4, 0.5) is 30.2 Å². The molecule has 0 aliphatic carbocycles. The summed E-state index contributed by atoms with van der Waals surface area (Å²) in [6.07, 6.45) is -3.06. The molecule has 4 rings (SSSR count). The number of hydrogen-bond acceptors (Lipinski definition) is 6. The van der Waals surface area contributed by atoms with E-state index in [2.05, 4.69) is 15.2 Å². The number of alkyl halides is 3. The summed E-state index contributed by atoms with van der Waals surface area (Å²) in [5.41, 5.74) is 6.79. The van der Waals surface area contributed by atoms with Crippen molar-refractivity contribution in [3.05, 3.63) is 78.5 Å². The van der Waals surface area contributed by atoms with Crippen molar-refractivity contribution in [2.24, 2.45) is 10.2 Å². The van der Waals surface area contributed by atoms with Gasteiger partial charge in [-0.05, 0) is 30.3 Å². The van der Waals surface area contributed by atoms with E-state index in [1.54, 1.807) is 30.3 Å². The minimum absolute atomic E-state index is 0. The molecular weight excluding hydrogens is 480 g/mol. The molecule has 0 radical (unpaired) electrons. The molecule has 0 aliphatic heterocycles. The molecule has 3 N–H and O–H groups in total. The number of fused-ring (bicyclic) bond motifs is 1. The second kappa shape index (κ2) is 9.80. The van der Waals surface area contributed by atoms with Crippen LogP contribution < -0.4 is 5.73 Å². The second-order valence-electron chi connectivity index (χ2n) is 7.00. The molecule has 1 aromatic heterocycles. The number of benzene rings is 3. The molecule has 0 atom stereocenters. The van der Waals surface area contributed by atoms with Crippen LogP contribution in [0.15, 0.2) is 88.1 Å². The summed E-state index contributed by atoms with van der Waals surface area (Å²) >= 11 is 0. The summed E-state index contributed by atoms with van der Waals surface area (Å²) in [5.74, 6) is 0. The number of anilines is 1. The van der Waals surface area contributed by atoms with Gasteiger partial charge < -0.3 is 5.73 Å². The SMILES string of the molecule is Nc1c(N=Nc2ccc(-c3ccc(C(F)(F)F)cc3)nc2)cc(S(=O)(=O)O)c2ccccc12.[NaH]. The number of nitrogens with two attached hydrogens (primary N) is 1. The molecule has 7 nitrogen and oxygen atoms in total. The first-order chi connectivity index (χ1) is 15.5. The maximum absolute atomic E-state index is 12.7. The third-order valence-corrected chi connectivity index (χ3v) is 5.73. The Kier molecular flexibility index (Phi) is 7.44. The van der Waals surface area contributed by atoms with Gasteiger partial charge in [-0.2, -0.15) is 21.6 Å². The molecule has 12 heteroatoms. The van der Waals surface area contributed by atoms with E-state index in [-0.39, 0.29) is 51.2 Å². The average molecular weight is 496 g/mol. The Bertz CT molecular complexity index is 1470. The van der Waals surface area contributed by atoms with E-state index >= 15 is 0 Å². The molecule has 0 saturated carbocycles. The number of nitrogens with zero attached hydrogens (tertiary/aromatic N) is 3. The van der Waals surface area contributed by atoms with Crippen LogP contribution in [0.25, 0.3) is 22.0 Å². The number of halogens is 3. The fourth-order valence-corrected chi connectivity index (χ4v) is 3.92. The number of azo groups is 1. The van der Waals surface area contributed by atoms with E-state index in [0.29, 0.717) is 22.3 Å². The van der Waals surface area contributed by atoms with Gasteiger partial charge in [-0.25, -0.2) is 0 Å². The van der Waals surface area contributed by atoms with E-state index in [9.17, 15) is 26.1 Å². The zero-order valence-corrected chi connectivity index (χ0v) is 17.5. The van der Waals surface area contributed by atoms with Gasteiger partial charge in [-0.3, -0.25) is 9.54 Å². The maximum atomic E-state index is 12.7. The summed E-state index contributed by atoms with van der Waals surface area (Å²) in [4.78, 5) is 3.83. The Morgan fingerprint density at radius 1 is 0.912 bits per heavy atom. The van der Waals surface area contributed by atoms with Crippen molar-refractivity contribution in [3.8, 4) is 11.3 Å². The van der Waals surface area contributed by atoms with Gasteiger partial charge in [0.15, 0.2) is 0 Å². The fourth-order valence-electron chi connectivity index (χ4n) is 3.20. The van der Waals surface area contributed by atoms with Gasteiger partial charge in [0, 0.05) is 16.3 Å². The van der Waals surface area contributed by atoms with Crippen LogP contribution in [-0.4, -0.2) is 47.5 Å². The normalized spacial score (nSPS) is 12.1. The predicted octanol–water partition coefficient (Wildman–Crippen LogP) is 5.52. The van der Waals surface area contributed by atoms with Crippen molar-refractivity contribution in [2.45, 2.75) is 11.1 Å². The van der Waals surface area contributed by atoms with Gasteiger partial charge in [0.25, 0.3) is 10.1 Å². The van der Waals surface area contributed by atoms with E-state index in [1.807, 2.05) is 0 Å². The van der Waals surface area contributed by atoms with E-state index in [0.717, 1.165) is 18.2 Å². The van der Waals surface area contributed by atoms with Crippen LogP contribution in [-0.2, 0) is 16.3 Å². The van der Waals surface area contributed by atoms with Gasteiger partial charge in [0.1, 0.15) is 16.3 Å². The van der Waals surface area contributed by atoms with Crippen LogP contribution in [0.1, 0.15) is 5.56 Å². The number of aromatic nitrogens is 1. The zero-order chi connectivity index (χ0) is 23.8. The Hall–Kier alpha value is -2.83. The summed E-state index contributed by atoms with van der Waals surface area (Å²) in [6, 6.07) is 15.2.